The summed E-state index contributed by atoms with van der Waals surface area (Å²) >= 11 is 18.4. The molecule has 4 rings (SSSR count). The van der Waals surface area contributed by atoms with Crippen LogP contribution in [0.2, 0.25) is 15.1 Å². The Morgan fingerprint density at radius 3 is 1.93 bits per heavy atom. The molecule has 0 unspecified atom stereocenters. The maximum Gasteiger partial charge on any atom is 0.264 e. The number of benzene rings is 4. The largest absolute Gasteiger partial charge is 0.350 e. The van der Waals surface area contributed by atoms with Gasteiger partial charge in [-0.2, -0.15) is 0 Å². The molecule has 45 heavy (non-hydrogen) atoms. The number of carbonyl (C=O) groups excluding carboxylic acids is 2. The average Bonchev–Trinajstić information content (AvgIpc) is 2.98. The normalized spacial score (nSPS) is 12.3. The molecule has 0 aromatic heterocycles. The Kier molecular flexibility index (Phi) is 11.2. The average molecular weight is 687 g/mol. The fourth-order valence-corrected chi connectivity index (χ4v) is 6.53. The molecule has 0 saturated carbocycles. The van der Waals surface area contributed by atoms with E-state index >= 15 is 0 Å². The zero-order chi connectivity index (χ0) is 32.8. The zero-order valence-electron chi connectivity index (χ0n) is 25.1. The number of halogens is 3. The predicted molar refractivity (Wildman–Crippen MR) is 181 cm³/mol. The Labute approximate surface area is 279 Å². The summed E-state index contributed by atoms with van der Waals surface area (Å²) in [6.45, 7) is 4.99. The number of nitrogens with one attached hydrogen (secondary N) is 1. The monoisotopic (exact) mass is 685 g/mol. The van der Waals surface area contributed by atoms with Gasteiger partial charge in [-0.3, -0.25) is 13.9 Å². The Hall–Kier alpha value is -3.56. The van der Waals surface area contributed by atoms with Crippen molar-refractivity contribution >= 4 is 62.3 Å². The first kappa shape index (κ1) is 34.3. The van der Waals surface area contributed by atoms with Crippen LogP contribution in [0.4, 0.5) is 5.69 Å². The van der Waals surface area contributed by atoms with Crippen molar-refractivity contribution in [2.24, 2.45) is 0 Å². The van der Waals surface area contributed by atoms with Crippen LogP contribution in [0.3, 0.4) is 0 Å². The molecular formula is C34H34Cl3N3O4S. The summed E-state index contributed by atoms with van der Waals surface area (Å²) in [5.74, 6) is -0.962. The van der Waals surface area contributed by atoms with Crippen LogP contribution in [0.1, 0.15) is 31.9 Å². The lowest BCUT2D eigenvalue weighted by molar-refractivity contribution is -0.140. The van der Waals surface area contributed by atoms with Crippen LogP contribution in [0.5, 0.6) is 0 Å². The highest BCUT2D eigenvalue weighted by molar-refractivity contribution is 7.92. The molecule has 0 aliphatic carbocycles. The molecule has 1 atom stereocenters. The lowest BCUT2D eigenvalue weighted by atomic mass is 10.0. The highest BCUT2D eigenvalue weighted by Gasteiger charge is 2.35. The van der Waals surface area contributed by atoms with E-state index in [1.165, 1.54) is 35.2 Å². The van der Waals surface area contributed by atoms with E-state index < -0.39 is 34.1 Å². The Morgan fingerprint density at radius 2 is 1.36 bits per heavy atom. The quantitative estimate of drug-likeness (QED) is 0.178. The van der Waals surface area contributed by atoms with Crippen molar-refractivity contribution in [3.63, 3.8) is 0 Å². The number of hydrogen-bond donors (Lipinski definition) is 1. The number of anilines is 1. The number of carbonyl (C=O) groups is 2. The second-order valence-electron chi connectivity index (χ2n) is 11.5. The van der Waals surface area contributed by atoms with Crippen molar-refractivity contribution in [3.05, 3.63) is 129 Å². The SMILES string of the molecule is CC(C)(C)NC(=O)[C@@H](Cc1ccccc1)N(Cc1ccc(Cl)cc1)C(=O)CN(c1cccc(Cl)c1)S(=O)(=O)c1ccc(Cl)cc1. The van der Waals surface area contributed by atoms with Gasteiger partial charge in [0.1, 0.15) is 12.6 Å². The number of amides is 2. The molecule has 2 amide bonds. The maximum absolute atomic E-state index is 14.5. The van der Waals surface area contributed by atoms with Gasteiger partial charge in [0, 0.05) is 33.6 Å². The van der Waals surface area contributed by atoms with Crippen LogP contribution in [0, 0.1) is 0 Å². The predicted octanol–water partition coefficient (Wildman–Crippen LogP) is 7.40. The molecule has 0 radical (unpaired) electrons. The van der Waals surface area contributed by atoms with E-state index in [-0.39, 0.29) is 29.5 Å². The van der Waals surface area contributed by atoms with Crippen molar-refractivity contribution in [3.8, 4) is 0 Å². The van der Waals surface area contributed by atoms with E-state index in [0.29, 0.717) is 20.6 Å². The second-order valence-corrected chi connectivity index (χ2v) is 14.7. The summed E-state index contributed by atoms with van der Waals surface area (Å²) in [6.07, 6.45) is 0.198. The van der Waals surface area contributed by atoms with E-state index in [1.54, 1.807) is 42.5 Å². The highest BCUT2D eigenvalue weighted by atomic mass is 35.5. The van der Waals surface area contributed by atoms with Gasteiger partial charge >= 0.3 is 0 Å². The van der Waals surface area contributed by atoms with Crippen LogP contribution < -0.4 is 9.62 Å². The van der Waals surface area contributed by atoms with Gasteiger partial charge in [0.05, 0.1) is 10.6 Å². The molecular weight excluding hydrogens is 653 g/mol. The topological polar surface area (TPSA) is 86.8 Å². The number of sulfonamides is 1. The first-order chi connectivity index (χ1) is 21.2. The molecule has 0 bridgehead atoms. The molecule has 0 aliphatic rings. The minimum absolute atomic E-state index is 0.0233. The molecule has 0 saturated heterocycles. The fourth-order valence-electron chi connectivity index (χ4n) is 4.69. The van der Waals surface area contributed by atoms with Gasteiger partial charge in [-0.1, -0.05) is 83.3 Å². The fraction of sp³-hybridized carbons (Fsp3) is 0.235. The first-order valence-electron chi connectivity index (χ1n) is 14.2. The van der Waals surface area contributed by atoms with E-state index in [9.17, 15) is 18.0 Å². The van der Waals surface area contributed by atoms with Gasteiger partial charge < -0.3 is 10.2 Å². The van der Waals surface area contributed by atoms with Crippen LogP contribution in [0.15, 0.2) is 108 Å². The number of rotatable bonds is 11. The molecule has 7 nitrogen and oxygen atoms in total. The summed E-state index contributed by atoms with van der Waals surface area (Å²) in [5, 5.41) is 4.18. The molecule has 4 aromatic carbocycles. The van der Waals surface area contributed by atoms with Crippen LogP contribution in [-0.4, -0.2) is 43.3 Å². The second kappa shape index (κ2) is 14.7. The molecule has 0 spiro atoms. The summed E-state index contributed by atoms with van der Waals surface area (Å²) in [7, 11) is -4.28. The lowest BCUT2D eigenvalue weighted by Gasteiger charge is -2.35. The Bertz CT molecular complexity index is 1730. The third-order valence-corrected chi connectivity index (χ3v) is 9.34. The Morgan fingerprint density at radius 1 is 0.756 bits per heavy atom. The summed E-state index contributed by atoms with van der Waals surface area (Å²) in [5.41, 5.74) is 1.15. The van der Waals surface area contributed by atoms with E-state index in [1.807, 2.05) is 51.1 Å². The van der Waals surface area contributed by atoms with Crippen LogP contribution in [0.25, 0.3) is 0 Å². The van der Waals surface area contributed by atoms with Gasteiger partial charge in [0.2, 0.25) is 11.8 Å². The molecule has 0 fully saturated rings. The van der Waals surface area contributed by atoms with Crippen molar-refractivity contribution in [2.45, 2.75) is 50.2 Å². The molecule has 1 N–H and O–H groups in total. The van der Waals surface area contributed by atoms with E-state index in [4.69, 9.17) is 34.8 Å². The van der Waals surface area contributed by atoms with Gasteiger partial charge in [-0.25, -0.2) is 8.42 Å². The smallest absolute Gasteiger partial charge is 0.264 e. The zero-order valence-corrected chi connectivity index (χ0v) is 28.2. The number of nitrogens with zero attached hydrogens (tertiary/aromatic N) is 2. The van der Waals surface area contributed by atoms with Crippen molar-refractivity contribution in [1.82, 2.24) is 10.2 Å². The maximum atomic E-state index is 14.5. The van der Waals surface area contributed by atoms with E-state index in [0.717, 1.165) is 9.87 Å². The molecule has 0 aliphatic heterocycles. The van der Waals surface area contributed by atoms with Crippen LogP contribution in [-0.2, 0) is 32.6 Å². The molecule has 236 valence electrons. The Balaban J connectivity index is 1.81. The van der Waals surface area contributed by atoms with Crippen molar-refractivity contribution in [2.75, 3.05) is 10.8 Å². The van der Waals surface area contributed by atoms with Gasteiger partial charge in [0.25, 0.3) is 10.0 Å². The summed E-state index contributed by atoms with van der Waals surface area (Å²) in [4.78, 5) is 29.8. The lowest BCUT2D eigenvalue weighted by Crippen LogP contribution is -2.56. The first-order valence-corrected chi connectivity index (χ1v) is 16.7. The minimum Gasteiger partial charge on any atom is -0.350 e. The summed E-state index contributed by atoms with van der Waals surface area (Å²) < 4.78 is 29.1. The molecule has 0 heterocycles. The third kappa shape index (κ3) is 9.47. The minimum atomic E-state index is -4.28. The van der Waals surface area contributed by atoms with E-state index in [2.05, 4.69) is 5.32 Å². The number of hydrogen-bond acceptors (Lipinski definition) is 4. The van der Waals surface area contributed by atoms with Crippen molar-refractivity contribution < 1.29 is 18.0 Å². The van der Waals surface area contributed by atoms with Gasteiger partial charge in [-0.05, 0) is 86.5 Å². The van der Waals surface area contributed by atoms with Gasteiger partial charge in [-0.15, -0.1) is 0 Å². The molecule has 4 aromatic rings. The summed E-state index contributed by atoms with van der Waals surface area (Å²) in [6, 6.07) is 27.2. The highest BCUT2D eigenvalue weighted by Crippen LogP contribution is 2.28. The third-order valence-electron chi connectivity index (χ3n) is 6.81. The standard InChI is InChI=1S/C34H34Cl3N3O4S/c1-34(2,3)38-33(42)31(20-24-8-5-4-6-9-24)39(22-25-12-14-26(35)15-13-25)32(41)23-40(29-11-7-10-28(37)21-29)45(43,44)30-18-16-27(36)17-19-30/h4-19,21,31H,20,22-23H2,1-3H3,(H,38,42)/t31-/m1/s1. The van der Waals surface area contributed by atoms with Gasteiger partial charge in [0.15, 0.2) is 0 Å². The van der Waals surface area contributed by atoms with Crippen molar-refractivity contribution in [1.29, 1.82) is 0 Å². The van der Waals surface area contributed by atoms with Crippen LogP contribution >= 0.6 is 34.8 Å². The molecule has 11 heteroatoms.